The van der Waals surface area contributed by atoms with Gasteiger partial charge in [0.15, 0.2) is 0 Å². The fourth-order valence-electron chi connectivity index (χ4n) is 4.51. The van der Waals surface area contributed by atoms with Gasteiger partial charge in [0.25, 0.3) is 12.3 Å². The molecular formula is C27H31F3N4O3. The standard InChI is InChI=1S/C27H31F3N4O3/c1-16(2)34(15-24(29)30)25(35)21-10-18(28)6-7-19(21)20-11-22(33-9-8-31-12-23(20)33)17-13-32(14-17)26(36)37-27(3,4)5/h6-12,16-17,24H,13-15H2,1-5H3. The summed E-state index contributed by atoms with van der Waals surface area (Å²) < 4.78 is 48.2. The molecule has 2 aromatic heterocycles. The summed E-state index contributed by atoms with van der Waals surface area (Å²) in [5.41, 5.74) is 2.03. The second kappa shape index (κ2) is 10.1. The molecule has 1 saturated heterocycles. The Morgan fingerprint density at radius 1 is 1.16 bits per heavy atom. The number of carbonyl (C=O) groups is 2. The first kappa shape index (κ1) is 26.5. The Labute approximate surface area is 213 Å². The lowest BCUT2D eigenvalue weighted by atomic mass is 9.94. The molecule has 4 rings (SSSR count). The van der Waals surface area contributed by atoms with Crippen molar-refractivity contribution in [3.8, 4) is 11.1 Å². The van der Waals surface area contributed by atoms with E-state index in [9.17, 15) is 22.8 Å². The van der Waals surface area contributed by atoms with Crippen molar-refractivity contribution in [2.45, 2.75) is 58.6 Å². The average Bonchev–Trinajstić information content (AvgIpc) is 3.13. The maximum absolute atomic E-state index is 14.3. The molecule has 0 atom stereocenters. The number of aromatic nitrogens is 2. The highest BCUT2D eigenvalue weighted by atomic mass is 19.3. The van der Waals surface area contributed by atoms with Gasteiger partial charge in [-0.05, 0) is 58.4 Å². The first-order valence-electron chi connectivity index (χ1n) is 12.2. The smallest absolute Gasteiger partial charge is 0.410 e. The highest BCUT2D eigenvalue weighted by Gasteiger charge is 2.36. The van der Waals surface area contributed by atoms with Crippen molar-refractivity contribution in [1.82, 2.24) is 19.2 Å². The van der Waals surface area contributed by atoms with Crippen molar-refractivity contribution in [2.75, 3.05) is 19.6 Å². The molecule has 7 nitrogen and oxygen atoms in total. The van der Waals surface area contributed by atoms with Crippen LogP contribution in [0.2, 0.25) is 0 Å². The van der Waals surface area contributed by atoms with Crippen LogP contribution in [0.5, 0.6) is 0 Å². The van der Waals surface area contributed by atoms with Crippen molar-refractivity contribution >= 4 is 17.5 Å². The van der Waals surface area contributed by atoms with E-state index in [1.165, 1.54) is 12.1 Å². The zero-order valence-electron chi connectivity index (χ0n) is 21.5. The van der Waals surface area contributed by atoms with Gasteiger partial charge in [0, 0.05) is 48.7 Å². The van der Waals surface area contributed by atoms with E-state index in [0.29, 0.717) is 29.7 Å². The Morgan fingerprint density at radius 2 is 1.86 bits per heavy atom. The minimum Gasteiger partial charge on any atom is -0.444 e. The number of fused-ring (bicyclic) bond motifs is 1. The van der Waals surface area contributed by atoms with Crippen LogP contribution in [0.1, 0.15) is 56.6 Å². The molecule has 1 aliphatic rings. The molecule has 37 heavy (non-hydrogen) atoms. The number of benzene rings is 1. The Balaban J connectivity index is 1.72. The Hall–Kier alpha value is -3.56. The molecule has 1 fully saturated rings. The van der Waals surface area contributed by atoms with E-state index in [-0.39, 0.29) is 17.6 Å². The molecule has 0 aliphatic carbocycles. The monoisotopic (exact) mass is 516 g/mol. The lowest BCUT2D eigenvalue weighted by Crippen LogP contribution is -2.50. The molecule has 0 saturated carbocycles. The predicted octanol–water partition coefficient (Wildman–Crippen LogP) is 5.59. The molecule has 2 amide bonds. The average molecular weight is 517 g/mol. The Bertz CT molecular complexity index is 1310. The molecule has 0 bridgehead atoms. The zero-order valence-corrected chi connectivity index (χ0v) is 21.5. The number of amides is 2. The number of ether oxygens (including phenoxy) is 1. The van der Waals surface area contributed by atoms with E-state index in [1.807, 2.05) is 31.2 Å². The highest BCUT2D eigenvalue weighted by molar-refractivity contribution is 6.03. The molecule has 198 valence electrons. The quantitative estimate of drug-likeness (QED) is 0.428. The largest absolute Gasteiger partial charge is 0.444 e. The van der Waals surface area contributed by atoms with Crippen LogP contribution < -0.4 is 0 Å². The van der Waals surface area contributed by atoms with Crippen molar-refractivity contribution in [3.63, 3.8) is 0 Å². The van der Waals surface area contributed by atoms with Gasteiger partial charge in [-0.3, -0.25) is 9.78 Å². The van der Waals surface area contributed by atoms with Gasteiger partial charge in [-0.2, -0.15) is 0 Å². The van der Waals surface area contributed by atoms with Gasteiger partial charge in [-0.25, -0.2) is 18.0 Å². The van der Waals surface area contributed by atoms with Crippen LogP contribution in [-0.4, -0.2) is 68.9 Å². The molecule has 3 heterocycles. The summed E-state index contributed by atoms with van der Waals surface area (Å²) in [6.07, 6.45) is 1.95. The van der Waals surface area contributed by atoms with Gasteiger partial charge in [0.05, 0.1) is 23.8 Å². The minimum absolute atomic E-state index is 0.00115. The van der Waals surface area contributed by atoms with Crippen LogP contribution in [0, 0.1) is 5.82 Å². The number of halogens is 3. The van der Waals surface area contributed by atoms with Crippen molar-refractivity contribution in [2.24, 2.45) is 0 Å². The maximum atomic E-state index is 14.3. The minimum atomic E-state index is -2.72. The molecule has 3 aromatic rings. The lowest BCUT2D eigenvalue weighted by molar-refractivity contribution is 0.00780. The molecule has 0 radical (unpaired) electrons. The molecule has 1 aromatic carbocycles. The summed E-state index contributed by atoms with van der Waals surface area (Å²) in [6, 6.07) is 5.21. The molecule has 1 aliphatic heterocycles. The second-order valence-corrected chi connectivity index (χ2v) is 10.5. The fraction of sp³-hybridized carbons (Fsp3) is 0.444. The molecular weight excluding hydrogens is 485 g/mol. The van der Waals surface area contributed by atoms with Crippen LogP contribution in [0.4, 0.5) is 18.0 Å². The highest BCUT2D eigenvalue weighted by Crippen LogP contribution is 2.37. The van der Waals surface area contributed by atoms with Gasteiger partial charge >= 0.3 is 6.09 Å². The molecule has 0 spiro atoms. The van der Waals surface area contributed by atoms with Crippen LogP contribution >= 0.6 is 0 Å². The van der Waals surface area contributed by atoms with E-state index in [1.54, 1.807) is 37.3 Å². The van der Waals surface area contributed by atoms with Gasteiger partial charge in [0.1, 0.15) is 11.4 Å². The summed E-state index contributed by atoms with van der Waals surface area (Å²) in [4.78, 5) is 32.7. The topological polar surface area (TPSA) is 67.2 Å². The van der Waals surface area contributed by atoms with Crippen LogP contribution in [-0.2, 0) is 4.74 Å². The zero-order chi connectivity index (χ0) is 27.1. The third kappa shape index (κ3) is 5.57. The van der Waals surface area contributed by atoms with E-state index in [4.69, 9.17) is 4.74 Å². The number of nitrogens with zero attached hydrogens (tertiary/aromatic N) is 4. The normalized spacial score (nSPS) is 14.4. The number of likely N-dealkylation sites (tertiary alicyclic amines) is 1. The van der Waals surface area contributed by atoms with E-state index < -0.39 is 36.3 Å². The molecule has 0 unspecified atom stereocenters. The number of hydrogen-bond acceptors (Lipinski definition) is 4. The first-order valence-corrected chi connectivity index (χ1v) is 12.2. The Kier molecular flexibility index (Phi) is 7.21. The molecule has 10 heteroatoms. The van der Waals surface area contributed by atoms with Crippen LogP contribution in [0.25, 0.3) is 16.6 Å². The third-order valence-corrected chi connectivity index (χ3v) is 6.28. The number of alkyl halides is 2. The summed E-state index contributed by atoms with van der Waals surface area (Å²) in [6.45, 7) is 8.87. The number of rotatable bonds is 6. The van der Waals surface area contributed by atoms with E-state index >= 15 is 0 Å². The fourth-order valence-corrected chi connectivity index (χ4v) is 4.51. The van der Waals surface area contributed by atoms with Gasteiger partial charge in [-0.15, -0.1) is 0 Å². The molecule has 0 N–H and O–H groups in total. The maximum Gasteiger partial charge on any atom is 0.410 e. The second-order valence-electron chi connectivity index (χ2n) is 10.5. The van der Waals surface area contributed by atoms with Crippen LogP contribution in [0.15, 0.2) is 42.9 Å². The summed E-state index contributed by atoms with van der Waals surface area (Å²) in [7, 11) is 0. The van der Waals surface area contributed by atoms with Crippen molar-refractivity contribution in [3.05, 3.63) is 59.9 Å². The summed E-state index contributed by atoms with van der Waals surface area (Å²) >= 11 is 0. The lowest BCUT2D eigenvalue weighted by Gasteiger charge is -2.39. The summed E-state index contributed by atoms with van der Waals surface area (Å²) in [5, 5.41) is 0. The Morgan fingerprint density at radius 3 is 2.49 bits per heavy atom. The van der Waals surface area contributed by atoms with Gasteiger partial charge < -0.3 is 18.9 Å². The predicted molar refractivity (Wildman–Crippen MR) is 133 cm³/mol. The number of hydrogen-bond donors (Lipinski definition) is 0. The van der Waals surface area contributed by atoms with Crippen molar-refractivity contribution in [1.29, 1.82) is 0 Å². The van der Waals surface area contributed by atoms with Gasteiger partial charge in [-0.1, -0.05) is 6.07 Å². The van der Waals surface area contributed by atoms with E-state index in [0.717, 1.165) is 16.7 Å². The number of carbonyl (C=O) groups excluding carboxylic acids is 2. The van der Waals surface area contributed by atoms with Crippen molar-refractivity contribution < 1.29 is 27.5 Å². The SMILES string of the molecule is CC(C)N(CC(F)F)C(=O)c1cc(F)ccc1-c1cc(C2CN(C(=O)OC(C)(C)C)C2)n2ccncc12. The van der Waals surface area contributed by atoms with Gasteiger partial charge in [0.2, 0.25) is 0 Å². The van der Waals surface area contributed by atoms with E-state index in [2.05, 4.69) is 4.98 Å². The van der Waals surface area contributed by atoms with Crippen LogP contribution in [0.3, 0.4) is 0 Å². The first-order chi connectivity index (χ1) is 17.4. The summed E-state index contributed by atoms with van der Waals surface area (Å²) in [5.74, 6) is -1.31. The third-order valence-electron chi connectivity index (χ3n) is 6.28.